The van der Waals surface area contributed by atoms with Gasteiger partial charge in [0.2, 0.25) is 0 Å². The van der Waals surface area contributed by atoms with Gasteiger partial charge >= 0.3 is 6.03 Å². The number of primary amides is 1. The molecule has 3 rings (SSSR count). The van der Waals surface area contributed by atoms with Gasteiger partial charge < -0.3 is 25.4 Å². The molecule has 29 heavy (non-hydrogen) atoms. The van der Waals surface area contributed by atoms with Gasteiger partial charge in [-0.15, -0.1) is 0 Å². The summed E-state index contributed by atoms with van der Waals surface area (Å²) in [6, 6.07) is 11.4. The molecule has 0 atom stereocenters. The van der Waals surface area contributed by atoms with E-state index in [0.29, 0.717) is 6.54 Å². The van der Waals surface area contributed by atoms with Gasteiger partial charge in [-0.1, -0.05) is 12.1 Å². The van der Waals surface area contributed by atoms with E-state index in [2.05, 4.69) is 21.3 Å². The number of benzene rings is 1. The average molecular weight is 399 g/mol. The SMILES string of the molecule is COc1cccc(C2(CNC(N)=O)CCN(c3ncccc3OC(C)C)CC2)c1. The van der Waals surface area contributed by atoms with Gasteiger partial charge in [0.05, 0.1) is 13.2 Å². The summed E-state index contributed by atoms with van der Waals surface area (Å²) >= 11 is 0. The topological polar surface area (TPSA) is 89.7 Å². The van der Waals surface area contributed by atoms with Gasteiger partial charge in [0, 0.05) is 31.2 Å². The van der Waals surface area contributed by atoms with Crippen LogP contribution in [-0.2, 0) is 5.41 Å². The van der Waals surface area contributed by atoms with E-state index in [9.17, 15) is 4.79 Å². The number of ether oxygens (including phenoxy) is 2. The molecule has 7 nitrogen and oxygen atoms in total. The van der Waals surface area contributed by atoms with Crippen LogP contribution < -0.4 is 25.4 Å². The maximum atomic E-state index is 11.4. The van der Waals surface area contributed by atoms with Gasteiger partial charge in [-0.2, -0.15) is 0 Å². The number of carbonyl (C=O) groups is 1. The van der Waals surface area contributed by atoms with E-state index in [4.69, 9.17) is 15.2 Å². The number of nitrogens with two attached hydrogens (primary N) is 1. The van der Waals surface area contributed by atoms with E-state index in [1.165, 1.54) is 0 Å². The number of methoxy groups -OCH3 is 1. The standard InChI is InChI=1S/C22H30N4O3/c1-16(2)29-19-8-5-11-24-20(19)26-12-9-22(10-13-26,15-25-21(23)27)17-6-4-7-18(14-17)28-3/h4-8,11,14,16H,9-10,12-13,15H2,1-3H3,(H3,23,25,27). The minimum atomic E-state index is -0.507. The minimum Gasteiger partial charge on any atom is -0.497 e. The summed E-state index contributed by atoms with van der Waals surface area (Å²) in [5.74, 6) is 2.47. The van der Waals surface area contributed by atoms with E-state index < -0.39 is 6.03 Å². The van der Waals surface area contributed by atoms with E-state index in [0.717, 1.165) is 48.8 Å². The first kappa shape index (κ1) is 20.8. The van der Waals surface area contributed by atoms with Crippen molar-refractivity contribution in [3.63, 3.8) is 0 Å². The molecule has 1 aromatic heterocycles. The van der Waals surface area contributed by atoms with Crippen LogP contribution in [-0.4, -0.2) is 43.9 Å². The van der Waals surface area contributed by atoms with Crippen LogP contribution in [0.5, 0.6) is 11.5 Å². The largest absolute Gasteiger partial charge is 0.497 e. The molecule has 0 unspecified atom stereocenters. The third-order valence-electron chi connectivity index (χ3n) is 5.42. The van der Waals surface area contributed by atoms with E-state index in [1.54, 1.807) is 13.3 Å². The van der Waals surface area contributed by atoms with Crippen molar-refractivity contribution in [1.82, 2.24) is 10.3 Å². The Labute approximate surface area is 172 Å². The highest BCUT2D eigenvalue weighted by Gasteiger charge is 2.37. The molecule has 0 aliphatic carbocycles. The molecule has 0 bridgehead atoms. The molecule has 1 aromatic carbocycles. The second kappa shape index (κ2) is 9.03. The molecule has 156 valence electrons. The Hall–Kier alpha value is -2.96. The molecule has 2 heterocycles. The molecular formula is C22H30N4O3. The van der Waals surface area contributed by atoms with Crippen molar-refractivity contribution in [1.29, 1.82) is 0 Å². The maximum absolute atomic E-state index is 11.4. The Balaban J connectivity index is 1.84. The summed E-state index contributed by atoms with van der Waals surface area (Å²) in [5.41, 5.74) is 6.30. The fraction of sp³-hybridized carbons (Fsp3) is 0.455. The fourth-order valence-corrected chi connectivity index (χ4v) is 3.89. The molecule has 1 fully saturated rings. The third-order valence-corrected chi connectivity index (χ3v) is 5.42. The van der Waals surface area contributed by atoms with Gasteiger partial charge in [-0.25, -0.2) is 9.78 Å². The second-order valence-electron chi connectivity index (χ2n) is 7.71. The zero-order chi connectivity index (χ0) is 20.9. The highest BCUT2D eigenvalue weighted by atomic mass is 16.5. The summed E-state index contributed by atoms with van der Waals surface area (Å²) in [7, 11) is 1.66. The number of hydrogen-bond acceptors (Lipinski definition) is 5. The molecule has 1 saturated heterocycles. The lowest BCUT2D eigenvalue weighted by Gasteiger charge is -2.43. The van der Waals surface area contributed by atoms with Crippen LogP contribution in [0.2, 0.25) is 0 Å². The van der Waals surface area contributed by atoms with Crippen molar-refractivity contribution >= 4 is 11.8 Å². The number of carbonyl (C=O) groups excluding carboxylic acids is 1. The summed E-state index contributed by atoms with van der Waals surface area (Å²) in [5, 5.41) is 2.82. The monoisotopic (exact) mass is 398 g/mol. The Kier molecular flexibility index (Phi) is 6.46. The molecule has 0 radical (unpaired) electrons. The Bertz CT molecular complexity index is 832. The second-order valence-corrected chi connectivity index (χ2v) is 7.71. The Morgan fingerprint density at radius 2 is 2.03 bits per heavy atom. The smallest absolute Gasteiger partial charge is 0.312 e. The van der Waals surface area contributed by atoms with Crippen LogP contribution in [0.1, 0.15) is 32.3 Å². The van der Waals surface area contributed by atoms with Crippen molar-refractivity contribution in [2.24, 2.45) is 5.73 Å². The predicted octanol–water partition coefficient (Wildman–Crippen LogP) is 3.08. The molecule has 2 aromatic rings. The normalized spacial score (nSPS) is 15.8. The molecule has 1 aliphatic heterocycles. The Morgan fingerprint density at radius 1 is 1.28 bits per heavy atom. The van der Waals surface area contributed by atoms with Gasteiger partial charge in [-0.05, 0) is 56.5 Å². The lowest BCUT2D eigenvalue weighted by Crippen LogP contribution is -2.50. The van der Waals surface area contributed by atoms with Crippen LogP contribution in [0.25, 0.3) is 0 Å². The molecule has 0 saturated carbocycles. The van der Waals surface area contributed by atoms with Gasteiger partial charge in [0.15, 0.2) is 11.6 Å². The summed E-state index contributed by atoms with van der Waals surface area (Å²) in [6.07, 6.45) is 3.57. The van der Waals surface area contributed by atoms with Crippen LogP contribution in [0, 0.1) is 0 Å². The summed E-state index contributed by atoms with van der Waals surface area (Å²) in [4.78, 5) is 18.2. The highest BCUT2D eigenvalue weighted by molar-refractivity contribution is 5.71. The number of amides is 2. The first-order chi connectivity index (χ1) is 13.9. The molecule has 3 N–H and O–H groups in total. The number of nitrogens with one attached hydrogen (secondary N) is 1. The van der Waals surface area contributed by atoms with Crippen LogP contribution in [0.4, 0.5) is 10.6 Å². The van der Waals surface area contributed by atoms with E-state index in [-0.39, 0.29) is 11.5 Å². The number of piperidine rings is 1. The number of anilines is 1. The lowest BCUT2D eigenvalue weighted by atomic mass is 9.72. The minimum absolute atomic E-state index is 0.0818. The van der Waals surface area contributed by atoms with Gasteiger partial charge in [-0.3, -0.25) is 0 Å². The first-order valence-electron chi connectivity index (χ1n) is 9.98. The third kappa shape index (κ3) is 4.91. The quantitative estimate of drug-likeness (QED) is 0.748. The zero-order valence-electron chi connectivity index (χ0n) is 17.4. The van der Waals surface area contributed by atoms with Crippen molar-refractivity contribution < 1.29 is 14.3 Å². The number of urea groups is 1. The summed E-state index contributed by atoms with van der Waals surface area (Å²) < 4.78 is 11.4. The number of nitrogens with zero attached hydrogens (tertiary/aromatic N) is 2. The maximum Gasteiger partial charge on any atom is 0.312 e. The van der Waals surface area contributed by atoms with Crippen LogP contribution >= 0.6 is 0 Å². The van der Waals surface area contributed by atoms with Crippen molar-refractivity contribution in [2.45, 2.75) is 38.2 Å². The van der Waals surface area contributed by atoms with Crippen LogP contribution in [0.3, 0.4) is 0 Å². The number of pyridine rings is 1. The van der Waals surface area contributed by atoms with Gasteiger partial charge in [0.25, 0.3) is 0 Å². The Morgan fingerprint density at radius 3 is 2.69 bits per heavy atom. The van der Waals surface area contributed by atoms with Crippen molar-refractivity contribution in [3.8, 4) is 11.5 Å². The van der Waals surface area contributed by atoms with Crippen molar-refractivity contribution in [2.75, 3.05) is 31.6 Å². The number of aromatic nitrogens is 1. The predicted molar refractivity (Wildman–Crippen MR) is 114 cm³/mol. The van der Waals surface area contributed by atoms with Gasteiger partial charge in [0.1, 0.15) is 5.75 Å². The number of hydrogen-bond donors (Lipinski definition) is 2. The highest BCUT2D eigenvalue weighted by Crippen LogP contribution is 2.39. The molecule has 1 aliphatic rings. The first-order valence-corrected chi connectivity index (χ1v) is 9.98. The average Bonchev–Trinajstić information content (AvgIpc) is 2.73. The molecule has 2 amide bonds. The lowest BCUT2D eigenvalue weighted by molar-refractivity contribution is 0.238. The molecular weight excluding hydrogens is 368 g/mol. The summed E-state index contributed by atoms with van der Waals surface area (Å²) in [6.45, 7) is 6.10. The molecule has 7 heteroatoms. The fourth-order valence-electron chi connectivity index (χ4n) is 3.89. The van der Waals surface area contributed by atoms with E-state index in [1.807, 2.05) is 44.2 Å². The van der Waals surface area contributed by atoms with Crippen molar-refractivity contribution in [3.05, 3.63) is 48.2 Å². The van der Waals surface area contributed by atoms with E-state index >= 15 is 0 Å². The zero-order valence-corrected chi connectivity index (χ0v) is 17.4. The number of rotatable bonds is 7. The van der Waals surface area contributed by atoms with Crippen LogP contribution in [0.15, 0.2) is 42.6 Å². The molecule has 0 spiro atoms.